The van der Waals surface area contributed by atoms with E-state index in [2.05, 4.69) is 57.0 Å². The summed E-state index contributed by atoms with van der Waals surface area (Å²) >= 11 is 3.46. The number of esters is 1. The molecule has 0 saturated heterocycles. The van der Waals surface area contributed by atoms with Crippen molar-refractivity contribution < 1.29 is 33.0 Å². The predicted octanol–water partition coefficient (Wildman–Crippen LogP) is 6.13. The minimum Gasteiger partial charge on any atom is -0.490 e. The summed E-state index contributed by atoms with van der Waals surface area (Å²) in [5.41, 5.74) is 6.43. The highest BCUT2D eigenvalue weighted by Gasteiger charge is 2.19. The van der Waals surface area contributed by atoms with Crippen LogP contribution in [-0.4, -0.2) is 42.5 Å². The van der Waals surface area contributed by atoms with Crippen LogP contribution in [0, 0.1) is 13.8 Å². The minimum absolute atomic E-state index is 0.0919. The molecule has 0 aliphatic heterocycles. The molecular weight excluding hydrogens is 606 g/mol. The van der Waals surface area contributed by atoms with Crippen molar-refractivity contribution >= 4 is 34.0 Å². The summed E-state index contributed by atoms with van der Waals surface area (Å²) in [4.78, 5) is 24.3. The van der Waals surface area contributed by atoms with E-state index in [0.717, 1.165) is 17.1 Å². The number of hydrogen-bond acceptors (Lipinski definition) is 8. The quantitative estimate of drug-likeness (QED) is 0.113. The molecule has 0 saturated carbocycles. The van der Waals surface area contributed by atoms with Gasteiger partial charge in [-0.05, 0) is 104 Å². The molecule has 1 atom stereocenters. The Kier molecular flexibility index (Phi) is 10.1. The molecule has 0 aliphatic carbocycles. The molecule has 0 unspecified atom stereocenters. The largest absolute Gasteiger partial charge is 0.490 e. The average molecular weight is 639 g/mol. The van der Waals surface area contributed by atoms with Crippen molar-refractivity contribution in [2.24, 2.45) is 5.10 Å². The SMILES string of the molecule is CCOc1cc(/C=N/NC(=O)c2ccc(COc3ccc(-n4c(C)ccc4C)cc3)o2)c(Br)cc1O[C@H](C)C(=O)OC. The molecule has 1 amide bonds. The van der Waals surface area contributed by atoms with Crippen molar-refractivity contribution in [3.63, 3.8) is 0 Å². The number of carbonyl (C=O) groups is 2. The van der Waals surface area contributed by atoms with Gasteiger partial charge in [0.15, 0.2) is 23.4 Å². The van der Waals surface area contributed by atoms with Crippen LogP contribution in [0.15, 0.2) is 74.7 Å². The van der Waals surface area contributed by atoms with E-state index in [9.17, 15) is 9.59 Å². The number of amides is 1. The summed E-state index contributed by atoms with van der Waals surface area (Å²) in [5.74, 6) is 0.996. The van der Waals surface area contributed by atoms with E-state index in [-0.39, 0.29) is 12.4 Å². The molecule has 4 rings (SSSR count). The number of ether oxygens (including phenoxy) is 4. The first kappa shape index (κ1) is 30.4. The first-order valence-corrected chi connectivity index (χ1v) is 14.0. The molecule has 220 valence electrons. The molecule has 2 aromatic carbocycles. The maximum atomic E-state index is 12.6. The smallest absolute Gasteiger partial charge is 0.346 e. The van der Waals surface area contributed by atoms with Crippen molar-refractivity contribution in [1.82, 2.24) is 9.99 Å². The second kappa shape index (κ2) is 13.9. The lowest BCUT2D eigenvalue weighted by atomic mass is 10.2. The summed E-state index contributed by atoms with van der Waals surface area (Å²) in [5, 5.41) is 4.04. The number of hydrogen-bond donors (Lipinski definition) is 1. The van der Waals surface area contributed by atoms with Crippen LogP contribution in [0.3, 0.4) is 0 Å². The van der Waals surface area contributed by atoms with Gasteiger partial charge in [0.2, 0.25) is 0 Å². The molecule has 10 nitrogen and oxygen atoms in total. The summed E-state index contributed by atoms with van der Waals surface area (Å²) in [6, 6.07) is 18.5. The number of carbonyl (C=O) groups excluding carboxylic acids is 2. The molecule has 4 aromatic rings. The van der Waals surface area contributed by atoms with Gasteiger partial charge in [0, 0.05) is 27.1 Å². The van der Waals surface area contributed by atoms with Crippen molar-refractivity contribution in [3.8, 4) is 22.9 Å². The molecule has 2 aromatic heterocycles. The van der Waals surface area contributed by atoms with E-state index in [0.29, 0.717) is 39.7 Å². The van der Waals surface area contributed by atoms with E-state index in [4.69, 9.17) is 23.4 Å². The number of aryl methyl sites for hydroxylation is 2. The molecule has 42 heavy (non-hydrogen) atoms. The molecule has 0 fully saturated rings. The Labute approximate surface area is 252 Å². The summed E-state index contributed by atoms with van der Waals surface area (Å²) in [6.07, 6.45) is 0.624. The third kappa shape index (κ3) is 7.41. The number of nitrogens with zero attached hydrogens (tertiary/aromatic N) is 2. The zero-order chi connectivity index (χ0) is 30.2. The second-order valence-corrected chi connectivity index (χ2v) is 10.1. The zero-order valence-corrected chi connectivity index (χ0v) is 25.6. The van der Waals surface area contributed by atoms with E-state index in [1.165, 1.54) is 13.3 Å². The number of benzene rings is 2. The van der Waals surface area contributed by atoms with Crippen molar-refractivity contribution in [2.45, 2.75) is 40.4 Å². The van der Waals surface area contributed by atoms with Crippen LogP contribution in [-0.2, 0) is 16.1 Å². The van der Waals surface area contributed by atoms with Crippen molar-refractivity contribution in [2.75, 3.05) is 13.7 Å². The van der Waals surface area contributed by atoms with Gasteiger partial charge in [-0.25, -0.2) is 10.2 Å². The Hall–Kier alpha value is -4.51. The Morgan fingerprint density at radius 1 is 1.02 bits per heavy atom. The number of methoxy groups -OCH3 is 1. The number of nitrogens with one attached hydrogen (secondary N) is 1. The van der Waals surface area contributed by atoms with Crippen LogP contribution in [0.1, 0.15) is 47.1 Å². The lowest BCUT2D eigenvalue weighted by Crippen LogP contribution is -2.25. The predicted molar refractivity (Wildman–Crippen MR) is 161 cm³/mol. The minimum atomic E-state index is -0.826. The highest BCUT2D eigenvalue weighted by molar-refractivity contribution is 9.10. The fraction of sp³-hybridized carbons (Fsp3) is 0.258. The highest BCUT2D eigenvalue weighted by atomic mass is 79.9. The molecule has 11 heteroatoms. The molecule has 0 aliphatic rings. The number of aromatic nitrogens is 1. The van der Waals surface area contributed by atoms with Crippen LogP contribution in [0.4, 0.5) is 0 Å². The molecule has 0 radical (unpaired) electrons. The number of halogens is 1. The lowest BCUT2D eigenvalue weighted by molar-refractivity contribution is -0.147. The monoisotopic (exact) mass is 637 g/mol. The Balaban J connectivity index is 1.34. The highest BCUT2D eigenvalue weighted by Crippen LogP contribution is 2.34. The molecule has 0 spiro atoms. The van der Waals surface area contributed by atoms with Gasteiger partial charge in [-0.1, -0.05) is 0 Å². The third-order valence-electron chi connectivity index (χ3n) is 6.20. The Morgan fingerprint density at radius 3 is 2.40 bits per heavy atom. The fourth-order valence-electron chi connectivity index (χ4n) is 4.13. The van der Waals surface area contributed by atoms with E-state index < -0.39 is 18.0 Å². The van der Waals surface area contributed by atoms with Gasteiger partial charge in [0.25, 0.3) is 0 Å². The molecule has 2 heterocycles. The molecule has 0 bridgehead atoms. The average Bonchev–Trinajstić information content (AvgIpc) is 3.59. The van der Waals surface area contributed by atoms with Crippen LogP contribution in [0.2, 0.25) is 0 Å². The third-order valence-corrected chi connectivity index (χ3v) is 6.89. The van der Waals surface area contributed by atoms with Gasteiger partial charge in [-0.3, -0.25) is 4.79 Å². The normalized spacial score (nSPS) is 11.8. The van der Waals surface area contributed by atoms with Gasteiger partial charge in [0.1, 0.15) is 18.1 Å². The van der Waals surface area contributed by atoms with Gasteiger partial charge in [0.05, 0.1) is 19.9 Å². The zero-order valence-electron chi connectivity index (χ0n) is 24.0. The van der Waals surface area contributed by atoms with Gasteiger partial charge in [-0.15, -0.1) is 0 Å². The summed E-state index contributed by atoms with van der Waals surface area (Å²) in [6.45, 7) is 8.07. The molecule has 1 N–H and O–H groups in total. The van der Waals surface area contributed by atoms with Gasteiger partial charge in [-0.2, -0.15) is 5.10 Å². The van der Waals surface area contributed by atoms with Crippen LogP contribution >= 0.6 is 15.9 Å². The Morgan fingerprint density at radius 2 is 1.74 bits per heavy atom. The maximum Gasteiger partial charge on any atom is 0.346 e. The van der Waals surface area contributed by atoms with E-state index in [1.54, 1.807) is 31.2 Å². The van der Waals surface area contributed by atoms with Crippen LogP contribution in [0.5, 0.6) is 17.2 Å². The standard InChI is InChI=1S/C31H32BrN3O7/c1-6-39-28-15-22(26(32)16-29(28)41-21(4)31(37)38-5)17-33-34-30(36)27-14-13-25(42-27)18-40-24-11-9-23(10-12-24)35-19(2)7-8-20(35)3/h7-17,21H,6,18H2,1-5H3,(H,34,36)/b33-17+/t21-/m1/s1. The molecular formula is C31H32BrN3O7. The first-order valence-electron chi connectivity index (χ1n) is 13.2. The number of hydrazone groups is 1. The summed E-state index contributed by atoms with van der Waals surface area (Å²) < 4.78 is 30.3. The first-order chi connectivity index (χ1) is 20.2. The topological polar surface area (TPSA) is 114 Å². The number of furan rings is 1. The van der Waals surface area contributed by atoms with Gasteiger partial charge >= 0.3 is 11.9 Å². The Bertz CT molecular complexity index is 1550. The van der Waals surface area contributed by atoms with Crippen LogP contribution < -0.4 is 19.6 Å². The van der Waals surface area contributed by atoms with Crippen molar-refractivity contribution in [1.29, 1.82) is 0 Å². The van der Waals surface area contributed by atoms with E-state index in [1.807, 2.05) is 31.2 Å². The number of rotatable bonds is 12. The van der Waals surface area contributed by atoms with Crippen molar-refractivity contribution in [3.05, 3.63) is 93.6 Å². The second-order valence-electron chi connectivity index (χ2n) is 9.24. The summed E-state index contributed by atoms with van der Waals surface area (Å²) in [7, 11) is 1.29. The fourth-order valence-corrected chi connectivity index (χ4v) is 4.55. The maximum absolute atomic E-state index is 12.6. The van der Waals surface area contributed by atoms with Crippen LogP contribution in [0.25, 0.3) is 5.69 Å². The lowest BCUT2D eigenvalue weighted by Gasteiger charge is -2.17. The van der Waals surface area contributed by atoms with Gasteiger partial charge < -0.3 is 27.9 Å². The van der Waals surface area contributed by atoms with E-state index >= 15 is 0 Å².